The van der Waals surface area contributed by atoms with E-state index in [2.05, 4.69) is 85.0 Å². The van der Waals surface area contributed by atoms with Crippen molar-refractivity contribution in [3.8, 4) is 5.75 Å². The molecule has 0 radical (unpaired) electrons. The molecule has 0 aliphatic rings. The Kier molecular flexibility index (Phi) is 5.86. The van der Waals surface area contributed by atoms with E-state index in [1.165, 1.54) is 5.56 Å². The van der Waals surface area contributed by atoms with Crippen LogP contribution in [0.5, 0.6) is 5.75 Å². The molecule has 0 aliphatic carbocycles. The molecule has 0 amide bonds. The van der Waals surface area contributed by atoms with Gasteiger partial charge >= 0.3 is 0 Å². The largest absolute Gasteiger partial charge is 0.489 e. The van der Waals surface area contributed by atoms with Crippen molar-refractivity contribution in [2.45, 2.75) is 72.4 Å². The van der Waals surface area contributed by atoms with Gasteiger partial charge in [-0.2, -0.15) is 0 Å². The van der Waals surface area contributed by atoms with Crippen LogP contribution >= 0.6 is 0 Å². The summed E-state index contributed by atoms with van der Waals surface area (Å²) >= 11 is 0. The molecule has 0 fully saturated rings. The Balaban J connectivity index is 2.71. The lowest BCUT2D eigenvalue weighted by Crippen LogP contribution is -2.44. The van der Waals surface area contributed by atoms with Gasteiger partial charge in [-0.3, -0.25) is 0 Å². The highest BCUT2D eigenvalue weighted by Gasteiger charge is 2.19. The highest BCUT2D eigenvalue weighted by atomic mass is 16.5. The Morgan fingerprint density at radius 1 is 0.952 bits per heavy atom. The Morgan fingerprint density at radius 2 is 1.48 bits per heavy atom. The Hall–Kier alpha value is -1.02. The summed E-state index contributed by atoms with van der Waals surface area (Å²) in [6.07, 6.45) is 0.185. The first-order valence-corrected chi connectivity index (χ1v) is 8.01. The van der Waals surface area contributed by atoms with Crippen LogP contribution in [0.25, 0.3) is 0 Å². The van der Waals surface area contributed by atoms with E-state index < -0.39 is 0 Å². The van der Waals surface area contributed by atoms with Gasteiger partial charge < -0.3 is 10.1 Å². The summed E-state index contributed by atoms with van der Waals surface area (Å²) in [4.78, 5) is 0. The molecule has 2 nitrogen and oxygen atoms in total. The second-order valence-electron chi connectivity index (χ2n) is 8.31. The van der Waals surface area contributed by atoms with E-state index in [9.17, 15) is 0 Å². The molecule has 120 valence electrons. The van der Waals surface area contributed by atoms with Crippen molar-refractivity contribution in [2.75, 3.05) is 6.54 Å². The molecule has 0 heterocycles. The van der Waals surface area contributed by atoms with Crippen molar-refractivity contribution in [1.82, 2.24) is 5.32 Å². The van der Waals surface area contributed by atoms with Gasteiger partial charge in [0.2, 0.25) is 0 Å². The number of hydrogen-bond donors (Lipinski definition) is 1. The van der Waals surface area contributed by atoms with Crippen LogP contribution in [-0.4, -0.2) is 18.2 Å². The highest BCUT2D eigenvalue weighted by Crippen LogP contribution is 2.25. The quantitative estimate of drug-likeness (QED) is 0.843. The fourth-order valence-corrected chi connectivity index (χ4v) is 2.03. The third kappa shape index (κ3) is 6.52. The van der Waals surface area contributed by atoms with E-state index in [0.29, 0.717) is 5.92 Å². The lowest BCUT2D eigenvalue weighted by atomic mass is 9.87. The normalized spacial score (nSPS) is 14.3. The summed E-state index contributed by atoms with van der Waals surface area (Å²) < 4.78 is 6.18. The first kappa shape index (κ1) is 18.0. The first-order valence-electron chi connectivity index (χ1n) is 8.01. The molecular weight excluding hydrogens is 258 g/mol. The maximum Gasteiger partial charge on any atom is 0.119 e. The molecule has 0 spiro atoms. The molecule has 1 rings (SSSR count). The van der Waals surface area contributed by atoms with E-state index in [-0.39, 0.29) is 17.1 Å². The summed E-state index contributed by atoms with van der Waals surface area (Å²) in [6, 6.07) is 8.52. The summed E-state index contributed by atoms with van der Waals surface area (Å²) in [6.45, 7) is 18.5. The van der Waals surface area contributed by atoms with Crippen molar-refractivity contribution in [2.24, 2.45) is 5.92 Å². The monoisotopic (exact) mass is 291 g/mol. The topological polar surface area (TPSA) is 21.3 Å². The van der Waals surface area contributed by atoms with Gasteiger partial charge in [0.25, 0.3) is 0 Å². The van der Waals surface area contributed by atoms with Gasteiger partial charge in [-0.25, -0.2) is 0 Å². The van der Waals surface area contributed by atoms with Crippen molar-refractivity contribution in [3.05, 3.63) is 29.8 Å². The van der Waals surface area contributed by atoms with Crippen LogP contribution in [0.2, 0.25) is 0 Å². The van der Waals surface area contributed by atoms with E-state index >= 15 is 0 Å². The van der Waals surface area contributed by atoms with Crippen LogP contribution in [0.3, 0.4) is 0 Å². The molecule has 2 heteroatoms. The molecule has 21 heavy (non-hydrogen) atoms. The van der Waals surface area contributed by atoms with Crippen LogP contribution in [-0.2, 0) is 5.41 Å². The van der Waals surface area contributed by atoms with E-state index in [1.807, 2.05) is 0 Å². The minimum atomic E-state index is 0.118. The minimum Gasteiger partial charge on any atom is -0.489 e. The van der Waals surface area contributed by atoms with Gasteiger partial charge in [0.1, 0.15) is 11.9 Å². The van der Waals surface area contributed by atoms with Crippen LogP contribution in [0.15, 0.2) is 24.3 Å². The molecule has 1 N–H and O–H groups in total. The van der Waals surface area contributed by atoms with Gasteiger partial charge in [0, 0.05) is 12.1 Å². The Morgan fingerprint density at radius 3 is 1.86 bits per heavy atom. The van der Waals surface area contributed by atoms with E-state index in [4.69, 9.17) is 4.74 Å². The molecular formula is C19H33NO. The predicted octanol–water partition coefficient (Wildman–Crippen LogP) is 4.78. The van der Waals surface area contributed by atoms with E-state index in [1.54, 1.807) is 0 Å². The molecule has 0 bridgehead atoms. The Bertz CT molecular complexity index is 420. The molecule has 0 saturated heterocycles. The van der Waals surface area contributed by atoms with Crippen LogP contribution in [0.4, 0.5) is 0 Å². The van der Waals surface area contributed by atoms with Crippen LogP contribution in [0.1, 0.15) is 61.0 Å². The molecule has 0 aromatic heterocycles. The van der Waals surface area contributed by atoms with Gasteiger partial charge in [-0.05, 0) is 49.8 Å². The number of hydrogen-bond acceptors (Lipinski definition) is 2. The summed E-state index contributed by atoms with van der Waals surface area (Å²) in [7, 11) is 0. The molecule has 1 unspecified atom stereocenters. The number of benzene rings is 1. The smallest absolute Gasteiger partial charge is 0.119 e. The molecule has 1 aromatic rings. The van der Waals surface area contributed by atoms with E-state index in [0.717, 1.165) is 12.3 Å². The van der Waals surface area contributed by atoms with Gasteiger partial charge in [0.05, 0.1) is 0 Å². The zero-order valence-corrected chi connectivity index (χ0v) is 15.1. The average molecular weight is 291 g/mol. The van der Waals surface area contributed by atoms with Gasteiger partial charge in [0.15, 0.2) is 0 Å². The second-order valence-corrected chi connectivity index (χ2v) is 8.31. The zero-order chi connectivity index (χ0) is 16.3. The molecule has 0 saturated carbocycles. The highest BCUT2D eigenvalue weighted by molar-refractivity contribution is 5.31. The second kappa shape index (κ2) is 6.83. The van der Waals surface area contributed by atoms with Crippen molar-refractivity contribution in [3.63, 3.8) is 0 Å². The third-order valence-electron chi connectivity index (χ3n) is 3.58. The van der Waals surface area contributed by atoms with Gasteiger partial charge in [-0.15, -0.1) is 0 Å². The fourth-order valence-electron chi connectivity index (χ4n) is 2.03. The standard InChI is InChI=1S/C19H33NO/c1-14(2)17(13-20-19(6,7)8)21-16-11-9-15(10-12-16)18(3,4)5/h9-12,14,17,20H,13H2,1-8H3. The lowest BCUT2D eigenvalue weighted by molar-refractivity contribution is 0.139. The number of nitrogens with one attached hydrogen (secondary N) is 1. The fraction of sp³-hybridized carbons (Fsp3) is 0.684. The van der Waals surface area contributed by atoms with Crippen molar-refractivity contribution >= 4 is 0 Å². The van der Waals surface area contributed by atoms with Crippen LogP contribution < -0.4 is 10.1 Å². The van der Waals surface area contributed by atoms with Gasteiger partial charge in [-0.1, -0.05) is 46.8 Å². The van der Waals surface area contributed by atoms with Crippen molar-refractivity contribution in [1.29, 1.82) is 0 Å². The Labute approximate surface area is 131 Å². The maximum absolute atomic E-state index is 6.18. The number of rotatable bonds is 5. The summed E-state index contributed by atoms with van der Waals surface area (Å²) in [5.41, 5.74) is 1.64. The summed E-state index contributed by atoms with van der Waals surface area (Å²) in [5, 5.41) is 3.53. The minimum absolute atomic E-state index is 0.118. The first-order chi connectivity index (χ1) is 9.49. The maximum atomic E-state index is 6.18. The zero-order valence-electron chi connectivity index (χ0n) is 15.1. The molecule has 1 atom stereocenters. The SMILES string of the molecule is CC(C)C(CNC(C)(C)C)Oc1ccc(C(C)(C)C)cc1. The number of ether oxygens (including phenoxy) is 1. The summed E-state index contributed by atoms with van der Waals surface area (Å²) in [5.74, 6) is 1.43. The molecule has 1 aromatic carbocycles. The molecule has 0 aliphatic heterocycles. The van der Waals surface area contributed by atoms with Crippen molar-refractivity contribution < 1.29 is 4.74 Å². The lowest BCUT2D eigenvalue weighted by Gasteiger charge is -2.28. The average Bonchev–Trinajstić information content (AvgIpc) is 2.32. The predicted molar refractivity (Wildman–Crippen MR) is 92.2 cm³/mol. The third-order valence-corrected chi connectivity index (χ3v) is 3.58. The van der Waals surface area contributed by atoms with Crippen LogP contribution in [0, 0.1) is 5.92 Å².